The van der Waals surface area contributed by atoms with Crippen LogP contribution in [-0.2, 0) is 9.53 Å². The first-order valence-electron chi connectivity index (χ1n) is 8.68. The number of benzene rings is 2. The maximum atomic E-state index is 12.1. The lowest BCUT2D eigenvalue weighted by molar-refractivity contribution is -0.394. The van der Waals surface area contributed by atoms with Crippen molar-refractivity contribution in [2.75, 3.05) is 0 Å². The molecule has 154 valence electrons. The average molecular weight is 437 g/mol. The van der Waals surface area contributed by atoms with Gasteiger partial charge in [-0.1, -0.05) is 18.2 Å². The fourth-order valence-corrected chi connectivity index (χ4v) is 3.36. The minimum absolute atomic E-state index is 0.0990. The second kappa shape index (κ2) is 8.16. The first-order chi connectivity index (χ1) is 14.9. The van der Waals surface area contributed by atoms with Crippen LogP contribution in [0.5, 0.6) is 11.5 Å². The zero-order valence-electron chi connectivity index (χ0n) is 15.5. The van der Waals surface area contributed by atoms with Crippen molar-refractivity contribution in [3.05, 3.63) is 96.3 Å². The lowest BCUT2D eigenvalue weighted by Gasteiger charge is -2.07. The van der Waals surface area contributed by atoms with E-state index in [-0.39, 0.29) is 23.1 Å². The first-order valence-corrected chi connectivity index (χ1v) is 9.56. The minimum atomic E-state index is -0.760. The second-order valence-corrected chi connectivity index (χ2v) is 7.10. The highest BCUT2D eigenvalue weighted by Gasteiger charge is 2.25. The Hall–Kier alpha value is -4.38. The molecule has 0 saturated carbocycles. The standard InChI is InChI=1S/C20H11N3O7S/c24-20-15(21-19(30-20)18-5-2-8-31-18)10-12-3-1-4-14(9-12)29-17-7-6-13(22(25)26)11-16(17)23(27)28/h1-11H/b15-10-. The molecule has 4 rings (SSSR count). The van der Waals surface area contributed by atoms with Crippen molar-refractivity contribution in [1.29, 1.82) is 0 Å². The largest absolute Gasteiger partial charge is 0.450 e. The average Bonchev–Trinajstić information content (AvgIpc) is 3.39. The Kier molecular flexibility index (Phi) is 5.24. The molecular weight excluding hydrogens is 426 g/mol. The van der Waals surface area contributed by atoms with Gasteiger partial charge in [0.2, 0.25) is 11.6 Å². The molecule has 1 aliphatic heterocycles. The quantitative estimate of drug-likeness (QED) is 0.236. The number of non-ortho nitro benzene ring substituents is 1. The summed E-state index contributed by atoms with van der Waals surface area (Å²) >= 11 is 1.39. The molecule has 11 heteroatoms. The van der Waals surface area contributed by atoms with E-state index in [2.05, 4.69) is 4.99 Å². The molecule has 2 aromatic carbocycles. The van der Waals surface area contributed by atoms with E-state index >= 15 is 0 Å². The van der Waals surface area contributed by atoms with Gasteiger partial charge in [-0.25, -0.2) is 9.79 Å². The van der Waals surface area contributed by atoms with Gasteiger partial charge in [-0.15, -0.1) is 11.3 Å². The highest BCUT2D eigenvalue weighted by molar-refractivity contribution is 7.12. The Bertz CT molecular complexity index is 1270. The van der Waals surface area contributed by atoms with Gasteiger partial charge in [0.05, 0.1) is 20.8 Å². The summed E-state index contributed by atoms with van der Waals surface area (Å²) in [5.74, 6) is -0.292. The van der Waals surface area contributed by atoms with Crippen LogP contribution in [0.15, 0.2) is 70.7 Å². The van der Waals surface area contributed by atoms with Crippen LogP contribution in [0, 0.1) is 20.2 Å². The monoisotopic (exact) mass is 437 g/mol. The summed E-state index contributed by atoms with van der Waals surface area (Å²) in [6.45, 7) is 0. The topological polar surface area (TPSA) is 134 Å². The number of nitro groups is 2. The number of nitro benzene ring substituents is 2. The number of esters is 1. The molecule has 0 amide bonds. The number of hydrogen-bond acceptors (Lipinski definition) is 9. The van der Waals surface area contributed by atoms with E-state index < -0.39 is 27.2 Å². The maximum absolute atomic E-state index is 12.1. The van der Waals surface area contributed by atoms with Gasteiger partial charge >= 0.3 is 11.7 Å². The van der Waals surface area contributed by atoms with E-state index in [0.29, 0.717) is 5.56 Å². The minimum Gasteiger partial charge on any atom is -0.450 e. The highest BCUT2D eigenvalue weighted by Crippen LogP contribution is 2.34. The fraction of sp³-hybridized carbons (Fsp3) is 0. The number of nitrogens with zero attached hydrogens (tertiary/aromatic N) is 3. The summed E-state index contributed by atoms with van der Waals surface area (Å²) in [6.07, 6.45) is 1.50. The normalized spacial score (nSPS) is 14.3. The van der Waals surface area contributed by atoms with E-state index in [0.717, 1.165) is 23.1 Å². The van der Waals surface area contributed by atoms with E-state index in [9.17, 15) is 25.0 Å². The van der Waals surface area contributed by atoms with Gasteiger partial charge in [0, 0.05) is 6.07 Å². The van der Waals surface area contributed by atoms with Crippen LogP contribution < -0.4 is 4.74 Å². The maximum Gasteiger partial charge on any atom is 0.363 e. The van der Waals surface area contributed by atoms with Crippen molar-refractivity contribution in [3.63, 3.8) is 0 Å². The summed E-state index contributed by atoms with van der Waals surface area (Å²) in [6, 6.07) is 13.1. The zero-order valence-corrected chi connectivity index (χ0v) is 16.3. The molecule has 1 aliphatic rings. The lowest BCUT2D eigenvalue weighted by Crippen LogP contribution is -2.03. The lowest BCUT2D eigenvalue weighted by atomic mass is 10.2. The molecule has 31 heavy (non-hydrogen) atoms. The Labute approximate surface area is 178 Å². The highest BCUT2D eigenvalue weighted by atomic mass is 32.1. The number of rotatable bonds is 6. The Morgan fingerprint density at radius 3 is 2.58 bits per heavy atom. The van der Waals surface area contributed by atoms with Crippen molar-refractivity contribution < 1.29 is 24.1 Å². The van der Waals surface area contributed by atoms with Gasteiger partial charge < -0.3 is 9.47 Å². The number of ether oxygens (including phenoxy) is 2. The number of carbonyl (C=O) groups is 1. The third-order valence-electron chi connectivity index (χ3n) is 4.09. The van der Waals surface area contributed by atoms with Crippen molar-refractivity contribution >= 4 is 40.7 Å². The van der Waals surface area contributed by atoms with Gasteiger partial charge in [0.1, 0.15) is 5.75 Å². The summed E-state index contributed by atoms with van der Waals surface area (Å²) in [7, 11) is 0. The van der Waals surface area contributed by atoms with Crippen molar-refractivity contribution in [3.8, 4) is 11.5 Å². The van der Waals surface area contributed by atoms with Gasteiger partial charge in [0.15, 0.2) is 5.70 Å². The Balaban J connectivity index is 1.61. The van der Waals surface area contributed by atoms with Crippen molar-refractivity contribution in [2.45, 2.75) is 0 Å². The number of cyclic esters (lactones) is 1. The van der Waals surface area contributed by atoms with Gasteiger partial charge in [-0.05, 0) is 41.3 Å². The molecule has 0 unspecified atom stereocenters. The van der Waals surface area contributed by atoms with Crippen LogP contribution in [0.25, 0.3) is 6.08 Å². The molecule has 0 radical (unpaired) electrons. The van der Waals surface area contributed by atoms with Crippen LogP contribution in [0.4, 0.5) is 11.4 Å². The van der Waals surface area contributed by atoms with E-state index in [1.54, 1.807) is 30.3 Å². The predicted molar refractivity (Wildman–Crippen MR) is 111 cm³/mol. The molecule has 1 aromatic heterocycles. The van der Waals surface area contributed by atoms with Gasteiger partial charge in [-0.2, -0.15) is 0 Å². The molecular formula is C20H11N3O7S. The Morgan fingerprint density at radius 2 is 1.87 bits per heavy atom. The van der Waals surface area contributed by atoms with E-state index in [1.807, 2.05) is 11.4 Å². The molecule has 0 spiro atoms. The van der Waals surface area contributed by atoms with Crippen molar-refractivity contribution in [1.82, 2.24) is 0 Å². The number of hydrogen-bond donors (Lipinski definition) is 0. The van der Waals surface area contributed by atoms with Gasteiger partial charge in [0.25, 0.3) is 5.69 Å². The molecule has 0 fully saturated rings. The summed E-state index contributed by atoms with van der Waals surface area (Å²) in [5, 5.41) is 24.0. The van der Waals surface area contributed by atoms with Crippen LogP contribution >= 0.6 is 11.3 Å². The summed E-state index contributed by atoms with van der Waals surface area (Å²) in [5.41, 5.74) is -0.314. The third kappa shape index (κ3) is 4.31. The number of carbonyl (C=O) groups excluding carboxylic acids is 1. The first kappa shape index (κ1) is 19.9. The van der Waals surface area contributed by atoms with Crippen LogP contribution in [0.3, 0.4) is 0 Å². The summed E-state index contributed by atoms with van der Waals surface area (Å²) in [4.78, 5) is 37.7. The molecule has 2 heterocycles. The SMILES string of the molecule is O=C1OC(c2cccs2)=N/C1=C\c1cccc(Oc2ccc([N+](=O)[O-])cc2[N+](=O)[O-])c1. The van der Waals surface area contributed by atoms with E-state index in [1.165, 1.54) is 17.4 Å². The third-order valence-corrected chi connectivity index (χ3v) is 4.95. The smallest absolute Gasteiger partial charge is 0.363 e. The summed E-state index contributed by atoms with van der Waals surface area (Å²) < 4.78 is 10.8. The molecule has 0 bridgehead atoms. The molecule has 0 N–H and O–H groups in total. The Morgan fingerprint density at radius 1 is 1.03 bits per heavy atom. The molecule has 0 saturated heterocycles. The number of aliphatic imine (C=N–C) groups is 1. The second-order valence-electron chi connectivity index (χ2n) is 6.15. The number of thiophene rings is 1. The van der Waals surface area contributed by atoms with Crippen molar-refractivity contribution in [2.24, 2.45) is 4.99 Å². The zero-order chi connectivity index (χ0) is 22.0. The van der Waals surface area contributed by atoms with Gasteiger partial charge in [-0.3, -0.25) is 20.2 Å². The van der Waals surface area contributed by atoms with Crippen LogP contribution in [0.1, 0.15) is 10.4 Å². The van der Waals surface area contributed by atoms with E-state index in [4.69, 9.17) is 9.47 Å². The predicted octanol–water partition coefficient (Wildman–Crippen LogP) is 4.70. The van der Waals surface area contributed by atoms with Crippen LogP contribution in [-0.4, -0.2) is 21.7 Å². The molecule has 3 aromatic rings. The fourth-order valence-electron chi connectivity index (χ4n) is 2.72. The molecule has 10 nitrogen and oxygen atoms in total. The molecule has 0 atom stereocenters. The van der Waals surface area contributed by atoms with Crippen LogP contribution in [0.2, 0.25) is 0 Å². The molecule has 0 aliphatic carbocycles.